The van der Waals surface area contributed by atoms with Gasteiger partial charge in [0.05, 0.1) is 17.2 Å². The van der Waals surface area contributed by atoms with Crippen LogP contribution in [0.4, 0.5) is 17.3 Å². The van der Waals surface area contributed by atoms with Crippen molar-refractivity contribution in [3.05, 3.63) is 76.3 Å². The Bertz CT molecular complexity index is 1540. The molecule has 2 unspecified atom stereocenters. The number of aryl methyl sites for hydroxylation is 1. The van der Waals surface area contributed by atoms with Crippen molar-refractivity contribution in [2.24, 2.45) is 0 Å². The lowest BCUT2D eigenvalue weighted by Gasteiger charge is -2.28. The highest BCUT2D eigenvalue weighted by Crippen LogP contribution is 2.50. The molecule has 0 bridgehead atoms. The smallest absolute Gasteiger partial charge is 0.331 e. The van der Waals surface area contributed by atoms with Crippen molar-refractivity contribution in [1.82, 2.24) is 4.98 Å². The number of fused-ring (bicyclic) bond motifs is 1. The van der Waals surface area contributed by atoms with E-state index in [1.165, 1.54) is 12.1 Å². The summed E-state index contributed by atoms with van der Waals surface area (Å²) in [5.74, 6) is -1.97. The molecule has 4 N–H and O–H groups in total. The molecule has 0 spiro atoms. The number of benzene rings is 2. The number of aromatic nitrogens is 1. The van der Waals surface area contributed by atoms with Gasteiger partial charge in [-0.2, -0.15) is 5.26 Å². The van der Waals surface area contributed by atoms with Crippen molar-refractivity contribution >= 4 is 33.3 Å². The third-order valence-electron chi connectivity index (χ3n) is 6.72. The number of pyridine rings is 1. The van der Waals surface area contributed by atoms with Crippen LogP contribution in [0.1, 0.15) is 61.4 Å². The van der Waals surface area contributed by atoms with Gasteiger partial charge in [-0.25, -0.2) is 22.5 Å². The number of carbonyl (C=O) groups is 1. The average Bonchev–Trinajstić information content (AvgIpc) is 3.20. The first kappa shape index (κ1) is 26.9. The van der Waals surface area contributed by atoms with Crippen molar-refractivity contribution in [3.8, 4) is 6.07 Å². The molecule has 198 valence electrons. The van der Waals surface area contributed by atoms with Gasteiger partial charge in [0, 0.05) is 11.5 Å². The van der Waals surface area contributed by atoms with Crippen molar-refractivity contribution < 1.29 is 17.9 Å². The van der Waals surface area contributed by atoms with Gasteiger partial charge < -0.3 is 16.2 Å². The highest BCUT2D eigenvalue weighted by Gasteiger charge is 2.52. The van der Waals surface area contributed by atoms with Crippen LogP contribution >= 0.6 is 0 Å². The van der Waals surface area contributed by atoms with E-state index in [2.05, 4.69) is 25.8 Å². The fourth-order valence-electron chi connectivity index (χ4n) is 4.73. The summed E-state index contributed by atoms with van der Waals surface area (Å²) < 4.78 is 34.5. The molecular weight excluding hydrogens is 502 g/mol. The van der Waals surface area contributed by atoms with Crippen molar-refractivity contribution in [2.45, 2.75) is 56.9 Å². The summed E-state index contributed by atoms with van der Waals surface area (Å²) in [6, 6.07) is 14.4. The number of esters is 1. The molecule has 9 nitrogen and oxygen atoms in total. The van der Waals surface area contributed by atoms with Gasteiger partial charge in [-0.1, -0.05) is 62.7 Å². The van der Waals surface area contributed by atoms with Crippen molar-refractivity contribution in [2.75, 3.05) is 22.4 Å². The standard InChI is InChI=1S/C28H31N5O4S/c1-6-37-27(34)24-21(17-9-11-18(12-10-17)28(3,4)5)22-23(30)20(15-29)25(31)32-26(22)33(24)38(35,36)19-13-7-16(2)8-14-19/h7-14,21,24H,6H2,1-5H3,(H4,30,31,32). The molecule has 0 saturated heterocycles. The quantitative estimate of drug-likeness (QED) is 0.467. The molecular formula is C28H31N5O4S. The van der Waals surface area contributed by atoms with E-state index in [1.54, 1.807) is 19.1 Å². The second-order valence-electron chi connectivity index (χ2n) is 10.3. The van der Waals surface area contributed by atoms with E-state index in [4.69, 9.17) is 16.2 Å². The monoisotopic (exact) mass is 533 g/mol. The van der Waals surface area contributed by atoms with Crippen LogP contribution in [0.2, 0.25) is 0 Å². The first-order chi connectivity index (χ1) is 17.8. The van der Waals surface area contributed by atoms with Crippen LogP contribution in [-0.4, -0.2) is 32.0 Å². The van der Waals surface area contributed by atoms with E-state index >= 15 is 0 Å². The minimum atomic E-state index is -4.33. The number of carbonyl (C=O) groups excluding carboxylic acids is 1. The number of nitriles is 1. The molecule has 2 aromatic carbocycles. The molecule has 0 radical (unpaired) electrons. The topological polar surface area (TPSA) is 152 Å². The SMILES string of the molecule is CCOC(=O)C1C(c2ccc(C(C)(C)C)cc2)c2c(nc(N)c(C#N)c2N)N1S(=O)(=O)c1ccc(C)cc1. The molecule has 0 saturated carbocycles. The number of hydrogen-bond donors (Lipinski definition) is 2. The van der Waals surface area contributed by atoms with Crippen LogP contribution in [-0.2, 0) is 25.0 Å². The van der Waals surface area contributed by atoms with E-state index in [0.717, 1.165) is 15.4 Å². The van der Waals surface area contributed by atoms with E-state index in [0.29, 0.717) is 5.56 Å². The molecule has 3 aromatic rings. The number of sulfonamides is 1. The number of nitrogens with zero attached hydrogens (tertiary/aromatic N) is 3. The molecule has 4 rings (SSSR count). The summed E-state index contributed by atoms with van der Waals surface area (Å²) in [6.45, 7) is 9.75. The minimum absolute atomic E-state index is 0.0178. The zero-order chi connectivity index (χ0) is 28.0. The highest BCUT2D eigenvalue weighted by atomic mass is 32.2. The maximum absolute atomic E-state index is 14.1. The molecule has 2 atom stereocenters. The second kappa shape index (κ2) is 9.65. The van der Waals surface area contributed by atoms with Gasteiger partial charge >= 0.3 is 5.97 Å². The Hall–Kier alpha value is -4.10. The molecule has 10 heteroatoms. The van der Waals surface area contributed by atoms with E-state index in [-0.39, 0.29) is 45.4 Å². The van der Waals surface area contributed by atoms with Crippen molar-refractivity contribution in [1.29, 1.82) is 5.26 Å². The van der Waals surface area contributed by atoms with Crippen LogP contribution in [0.25, 0.3) is 0 Å². The molecule has 1 aromatic heterocycles. The summed E-state index contributed by atoms with van der Waals surface area (Å²) in [5.41, 5.74) is 15.1. The largest absolute Gasteiger partial charge is 0.464 e. The van der Waals surface area contributed by atoms with Crippen LogP contribution in [0.15, 0.2) is 53.4 Å². The summed E-state index contributed by atoms with van der Waals surface area (Å²) >= 11 is 0. The minimum Gasteiger partial charge on any atom is -0.464 e. The molecule has 0 amide bonds. The Kier molecular flexibility index (Phi) is 6.84. The maximum atomic E-state index is 14.1. The van der Waals surface area contributed by atoms with E-state index in [9.17, 15) is 18.5 Å². The Morgan fingerprint density at radius 2 is 1.71 bits per heavy atom. The number of hydrogen-bond acceptors (Lipinski definition) is 8. The number of rotatable bonds is 5. The zero-order valence-electron chi connectivity index (χ0n) is 22.0. The summed E-state index contributed by atoms with van der Waals surface area (Å²) in [4.78, 5) is 17.8. The van der Waals surface area contributed by atoms with Crippen molar-refractivity contribution in [3.63, 3.8) is 0 Å². The van der Waals surface area contributed by atoms with Gasteiger partial charge in [0.15, 0.2) is 11.9 Å². The van der Waals surface area contributed by atoms with Gasteiger partial charge in [0.1, 0.15) is 17.5 Å². The number of nitrogen functional groups attached to an aromatic ring is 2. The average molecular weight is 534 g/mol. The maximum Gasteiger partial charge on any atom is 0.331 e. The molecule has 1 aliphatic rings. The van der Waals surface area contributed by atoms with E-state index < -0.39 is 28.0 Å². The first-order valence-corrected chi connectivity index (χ1v) is 13.6. The van der Waals surface area contributed by atoms with E-state index in [1.807, 2.05) is 37.3 Å². The molecule has 38 heavy (non-hydrogen) atoms. The van der Waals surface area contributed by atoms with Gasteiger partial charge in [0.25, 0.3) is 10.0 Å². The van der Waals surface area contributed by atoms with Gasteiger partial charge in [-0.3, -0.25) is 0 Å². The lowest BCUT2D eigenvalue weighted by molar-refractivity contribution is -0.144. The lowest BCUT2D eigenvalue weighted by atomic mass is 9.83. The van der Waals surface area contributed by atoms with Crippen LogP contribution in [0.3, 0.4) is 0 Å². The predicted molar refractivity (Wildman–Crippen MR) is 146 cm³/mol. The molecule has 0 fully saturated rings. The normalized spacial score (nSPS) is 17.1. The Morgan fingerprint density at radius 3 is 2.24 bits per heavy atom. The highest BCUT2D eigenvalue weighted by molar-refractivity contribution is 7.93. The van der Waals surface area contributed by atoms with Crippen LogP contribution in [0, 0.1) is 18.3 Å². The number of nitrogens with two attached hydrogens (primary N) is 2. The third kappa shape index (κ3) is 4.43. The summed E-state index contributed by atoms with van der Waals surface area (Å²) in [6.07, 6.45) is 0. The van der Waals surface area contributed by atoms with Gasteiger partial charge in [-0.15, -0.1) is 0 Å². The fourth-order valence-corrected chi connectivity index (χ4v) is 6.31. The summed E-state index contributed by atoms with van der Waals surface area (Å²) in [7, 11) is -4.33. The fraction of sp³-hybridized carbons (Fsp3) is 0.321. The number of anilines is 3. The molecule has 2 heterocycles. The zero-order valence-corrected chi connectivity index (χ0v) is 22.8. The first-order valence-electron chi connectivity index (χ1n) is 12.2. The number of ether oxygens (including phenoxy) is 1. The van der Waals surface area contributed by atoms with Crippen LogP contribution < -0.4 is 15.8 Å². The van der Waals surface area contributed by atoms with Crippen LogP contribution in [0.5, 0.6) is 0 Å². The molecule has 0 aliphatic carbocycles. The van der Waals surface area contributed by atoms with Gasteiger partial charge in [-0.05, 0) is 42.5 Å². The Labute approximate surface area is 223 Å². The summed E-state index contributed by atoms with van der Waals surface area (Å²) in [5, 5.41) is 9.73. The Balaban J connectivity index is 2.04. The second-order valence-corrected chi connectivity index (χ2v) is 12.1. The third-order valence-corrected chi connectivity index (χ3v) is 8.51. The van der Waals surface area contributed by atoms with Gasteiger partial charge in [0.2, 0.25) is 0 Å². The molecule has 1 aliphatic heterocycles. The lowest BCUT2D eigenvalue weighted by Crippen LogP contribution is -2.46. The Morgan fingerprint density at radius 1 is 1.11 bits per heavy atom. The predicted octanol–water partition coefficient (Wildman–Crippen LogP) is 4.00.